The molecule has 0 bridgehead atoms. The fourth-order valence-corrected chi connectivity index (χ4v) is 2.31. The lowest BCUT2D eigenvalue weighted by Crippen LogP contribution is -2.29. The Bertz CT molecular complexity index is 444. The normalized spacial score (nSPS) is 19.1. The van der Waals surface area contributed by atoms with Crippen LogP contribution >= 0.6 is 11.6 Å². The van der Waals surface area contributed by atoms with E-state index in [4.69, 9.17) is 16.3 Å². The summed E-state index contributed by atoms with van der Waals surface area (Å²) in [6, 6.07) is 4.43. The van der Waals surface area contributed by atoms with Crippen LogP contribution in [0.2, 0.25) is 5.02 Å². The second-order valence-corrected chi connectivity index (χ2v) is 5.11. The fraction of sp³-hybridized carbons (Fsp3) is 0.500. The van der Waals surface area contributed by atoms with Gasteiger partial charge < -0.3 is 15.2 Å². The number of hydrogen-bond donors (Lipinski definition) is 2. The van der Waals surface area contributed by atoms with Crippen LogP contribution in [0.1, 0.15) is 36.0 Å². The molecule has 1 fully saturated rings. The minimum Gasteiger partial charge on any atom is -0.506 e. The van der Waals surface area contributed by atoms with Crippen molar-refractivity contribution in [1.29, 1.82) is 0 Å². The molecule has 0 radical (unpaired) electrons. The zero-order valence-electron chi connectivity index (χ0n) is 10.7. The molecule has 4 nitrogen and oxygen atoms in total. The molecule has 0 saturated carbocycles. The Morgan fingerprint density at radius 2 is 2.32 bits per heavy atom. The number of hydrogen-bond acceptors (Lipinski definition) is 3. The molecule has 19 heavy (non-hydrogen) atoms. The molecule has 0 aromatic heterocycles. The lowest BCUT2D eigenvalue weighted by atomic mass is 10.1. The molecule has 1 unspecified atom stereocenters. The smallest absolute Gasteiger partial charge is 0.251 e. The van der Waals surface area contributed by atoms with E-state index in [0.717, 1.165) is 25.9 Å². The molecule has 1 saturated heterocycles. The molecule has 1 heterocycles. The predicted molar refractivity (Wildman–Crippen MR) is 73.7 cm³/mol. The van der Waals surface area contributed by atoms with Crippen molar-refractivity contribution in [2.45, 2.75) is 31.8 Å². The Kier molecular flexibility index (Phi) is 5.05. The first-order valence-electron chi connectivity index (χ1n) is 6.55. The maximum atomic E-state index is 11.9. The number of amides is 1. The maximum Gasteiger partial charge on any atom is 0.251 e. The van der Waals surface area contributed by atoms with Crippen molar-refractivity contribution >= 4 is 17.5 Å². The Balaban J connectivity index is 1.78. The zero-order chi connectivity index (χ0) is 13.7. The zero-order valence-corrected chi connectivity index (χ0v) is 11.4. The third-order valence-electron chi connectivity index (χ3n) is 3.24. The number of benzene rings is 1. The standard InChI is InChI=1S/C14H18ClNO3/c15-12-9-10(4-5-13(12)17)14(18)16-7-6-11-3-1-2-8-19-11/h4-5,9,11,17H,1-3,6-8H2,(H,16,18). The highest BCUT2D eigenvalue weighted by Gasteiger charge is 2.14. The number of rotatable bonds is 4. The monoisotopic (exact) mass is 283 g/mol. The number of halogens is 1. The number of phenolic OH excluding ortho intramolecular Hbond substituents is 1. The first-order chi connectivity index (χ1) is 9.16. The van der Waals surface area contributed by atoms with Crippen molar-refractivity contribution in [2.24, 2.45) is 0 Å². The molecular formula is C14H18ClNO3. The van der Waals surface area contributed by atoms with Crippen LogP contribution < -0.4 is 5.32 Å². The summed E-state index contributed by atoms with van der Waals surface area (Å²) < 4.78 is 5.59. The van der Waals surface area contributed by atoms with Crippen LogP contribution in [0.3, 0.4) is 0 Å². The highest BCUT2D eigenvalue weighted by molar-refractivity contribution is 6.32. The second-order valence-electron chi connectivity index (χ2n) is 4.70. The summed E-state index contributed by atoms with van der Waals surface area (Å²) in [5.41, 5.74) is 0.451. The Morgan fingerprint density at radius 3 is 3.00 bits per heavy atom. The topological polar surface area (TPSA) is 58.6 Å². The Labute approximate surface area is 117 Å². The van der Waals surface area contributed by atoms with Gasteiger partial charge in [-0.2, -0.15) is 0 Å². The lowest BCUT2D eigenvalue weighted by molar-refractivity contribution is 0.0117. The first kappa shape index (κ1) is 14.2. The summed E-state index contributed by atoms with van der Waals surface area (Å²) in [7, 11) is 0. The number of carbonyl (C=O) groups excluding carboxylic acids is 1. The quantitative estimate of drug-likeness (QED) is 0.893. The van der Waals surface area contributed by atoms with E-state index < -0.39 is 0 Å². The lowest BCUT2D eigenvalue weighted by Gasteiger charge is -2.22. The molecule has 104 valence electrons. The van der Waals surface area contributed by atoms with Gasteiger partial charge in [0.25, 0.3) is 5.91 Å². The summed E-state index contributed by atoms with van der Waals surface area (Å²) >= 11 is 5.76. The highest BCUT2D eigenvalue weighted by atomic mass is 35.5. The van der Waals surface area contributed by atoms with Gasteiger partial charge in [-0.05, 0) is 43.9 Å². The summed E-state index contributed by atoms with van der Waals surface area (Å²) in [5, 5.41) is 12.3. The minimum atomic E-state index is -0.183. The van der Waals surface area contributed by atoms with Crippen molar-refractivity contribution in [3.63, 3.8) is 0 Å². The van der Waals surface area contributed by atoms with Crippen molar-refractivity contribution in [3.05, 3.63) is 28.8 Å². The van der Waals surface area contributed by atoms with Crippen LogP contribution in [-0.2, 0) is 4.74 Å². The Morgan fingerprint density at radius 1 is 1.47 bits per heavy atom. The molecule has 2 rings (SSSR count). The number of nitrogens with one attached hydrogen (secondary N) is 1. The maximum absolute atomic E-state index is 11.9. The van der Waals surface area contributed by atoms with E-state index in [2.05, 4.69) is 5.32 Å². The van der Waals surface area contributed by atoms with Gasteiger partial charge in [0.15, 0.2) is 0 Å². The van der Waals surface area contributed by atoms with Crippen LogP contribution in [-0.4, -0.2) is 30.3 Å². The largest absolute Gasteiger partial charge is 0.506 e. The summed E-state index contributed by atoms with van der Waals surface area (Å²) in [4.78, 5) is 11.9. The van der Waals surface area contributed by atoms with Gasteiger partial charge in [-0.15, -0.1) is 0 Å². The van der Waals surface area contributed by atoms with Crippen LogP contribution in [0, 0.1) is 0 Å². The van der Waals surface area contributed by atoms with E-state index in [1.165, 1.54) is 18.6 Å². The molecular weight excluding hydrogens is 266 g/mol. The van der Waals surface area contributed by atoms with E-state index in [9.17, 15) is 9.90 Å². The van der Waals surface area contributed by atoms with E-state index in [-0.39, 0.29) is 22.8 Å². The molecule has 5 heteroatoms. The average molecular weight is 284 g/mol. The van der Waals surface area contributed by atoms with Gasteiger partial charge in [0.05, 0.1) is 11.1 Å². The number of phenols is 1. The predicted octanol–water partition coefficient (Wildman–Crippen LogP) is 2.73. The third-order valence-corrected chi connectivity index (χ3v) is 3.54. The van der Waals surface area contributed by atoms with Gasteiger partial charge >= 0.3 is 0 Å². The molecule has 0 aliphatic carbocycles. The molecule has 1 aromatic carbocycles. The second kappa shape index (κ2) is 6.78. The number of carbonyl (C=O) groups is 1. The molecule has 2 N–H and O–H groups in total. The van der Waals surface area contributed by atoms with Gasteiger partial charge in [0, 0.05) is 18.7 Å². The number of aromatic hydroxyl groups is 1. The fourth-order valence-electron chi connectivity index (χ4n) is 2.13. The van der Waals surface area contributed by atoms with Crippen LogP contribution in [0.4, 0.5) is 0 Å². The van der Waals surface area contributed by atoms with E-state index in [1.807, 2.05) is 0 Å². The van der Waals surface area contributed by atoms with Crippen molar-refractivity contribution in [3.8, 4) is 5.75 Å². The molecule has 1 aromatic rings. The van der Waals surface area contributed by atoms with Crippen LogP contribution in [0.5, 0.6) is 5.75 Å². The van der Waals surface area contributed by atoms with Gasteiger partial charge in [-0.1, -0.05) is 11.6 Å². The molecule has 1 aliphatic heterocycles. The first-order valence-corrected chi connectivity index (χ1v) is 6.93. The van der Waals surface area contributed by atoms with Crippen LogP contribution in [0.25, 0.3) is 0 Å². The van der Waals surface area contributed by atoms with E-state index >= 15 is 0 Å². The summed E-state index contributed by atoms with van der Waals surface area (Å²) in [6.45, 7) is 1.41. The van der Waals surface area contributed by atoms with Gasteiger partial charge in [0.1, 0.15) is 5.75 Å². The van der Waals surface area contributed by atoms with Crippen molar-refractivity contribution in [2.75, 3.05) is 13.2 Å². The molecule has 1 amide bonds. The van der Waals surface area contributed by atoms with Crippen LogP contribution in [0.15, 0.2) is 18.2 Å². The minimum absolute atomic E-state index is 0.0196. The molecule has 0 spiro atoms. The average Bonchev–Trinajstić information content (AvgIpc) is 2.43. The van der Waals surface area contributed by atoms with E-state index in [0.29, 0.717) is 12.1 Å². The van der Waals surface area contributed by atoms with E-state index in [1.54, 1.807) is 6.07 Å². The van der Waals surface area contributed by atoms with Gasteiger partial charge in [-0.25, -0.2) is 0 Å². The van der Waals surface area contributed by atoms with Crippen molar-refractivity contribution in [1.82, 2.24) is 5.32 Å². The SMILES string of the molecule is O=C(NCCC1CCCCO1)c1ccc(O)c(Cl)c1. The number of ether oxygens (including phenoxy) is 1. The van der Waals surface area contributed by atoms with Gasteiger partial charge in [0.2, 0.25) is 0 Å². The third kappa shape index (κ3) is 4.11. The molecule has 1 aliphatic rings. The van der Waals surface area contributed by atoms with Crippen molar-refractivity contribution < 1.29 is 14.6 Å². The summed E-state index contributed by atoms with van der Waals surface area (Å²) in [5.74, 6) is -0.202. The van der Waals surface area contributed by atoms with Gasteiger partial charge in [-0.3, -0.25) is 4.79 Å². The molecule has 1 atom stereocenters. The summed E-state index contributed by atoms with van der Waals surface area (Å²) in [6.07, 6.45) is 4.50. The Hall–Kier alpha value is -1.26. The highest BCUT2D eigenvalue weighted by Crippen LogP contribution is 2.23.